The van der Waals surface area contributed by atoms with Crippen molar-refractivity contribution < 1.29 is 9.34 Å². The van der Waals surface area contributed by atoms with Crippen molar-refractivity contribution in [1.82, 2.24) is 4.98 Å². The van der Waals surface area contributed by atoms with Crippen LogP contribution in [0.15, 0.2) is 33.5 Å². The van der Waals surface area contributed by atoms with Crippen LogP contribution in [0.5, 0.6) is 0 Å². The summed E-state index contributed by atoms with van der Waals surface area (Å²) in [5, 5.41) is 11.8. The second kappa shape index (κ2) is 3.43. The van der Waals surface area contributed by atoms with Gasteiger partial charge in [0.05, 0.1) is 10.9 Å². The van der Waals surface area contributed by atoms with Crippen LogP contribution in [0.3, 0.4) is 0 Å². The van der Waals surface area contributed by atoms with Crippen LogP contribution in [0.1, 0.15) is 5.56 Å². The Hall–Kier alpha value is -2.63. The second-order valence-corrected chi connectivity index (χ2v) is 3.99. The average molecular weight is 244 g/mol. The van der Waals surface area contributed by atoms with Gasteiger partial charge in [0, 0.05) is 0 Å². The largest absolute Gasteiger partial charge is 0.422 e. The van der Waals surface area contributed by atoms with Gasteiger partial charge >= 0.3 is 11.4 Å². The highest BCUT2D eigenvalue weighted by atomic mass is 16.6. The second-order valence-electron chi connectivity index (χ2n) is 3.99. The predicted octanol–water partition coefficient (Wildman–Crippen LogP) is 2.49. The molecule has 18 heavy (non-hydrogen) atoms. The van der Waals surface area contributed by atoms with Gasteiger partial charge in [-0.1, -0.05) is 12.1 Å². The fourth-order valence-corrected chi connectivity index (χ4v) is 2.13. The van der Waals surface area contributed by atoms with Gasteiger partial charge in [0.2, 0.25) is 0 Å². The fraction of sp³-hybridized carbons (Fsp3) is 0.0833. The Morgan fingerprint density at radius 3 is 2.78 bits per heavy atom. The van der Waals surface area contributed by atoms with Crippen LogP contribution in [0.25, 0.3) is 21.9 Å². The van der Waals surface area contributed by atoms with Crippen LogP contribution in [0.2, 0.25) is 0 Å². The molecule has 6 heteroatoms. The SMILES string of the molecule is Cc1c([N+](=O)[O-])[nH]c2c1c(=O)oc1ccccc12. The average Bonchev–Trinajstić information content (AvgIpc) is 2.68. The van der Waals surface area contributed by atoms with E-state index in [0.717, 1.165) is 0 Å². The molecule has 6 nitrogen and oxygen atoms in total. The quantitative estimate of drug-likeness (QED) is 0.404. The fourth-order valence-electron chi connectivity index (χ4n) is 2.13. The Morgan fingerprint density at radius 2 is 2.06 bits per heavy atom. The minimum atomic E-state index is -0.564. The van der Waals surface area contributed by atoms with Crippen molar-refractivity contribution in [2.24, 2.45) is 0 Å². The third-order valence-corrected chi connectivity index (χ3v) is 2.97. The maximum Gasteiger partial charge on any atom is 0.348 e. The number of H-pyrrole nitrogens is 1. The molecule has 3 rings (SSSR count). The molecule has 2 heterocycles. The van der Waals surface area contributed by atoms with Gasteiger partial charge in [-0.2, -0.15) is 0 Å². The molecule has 0 aliphatic rings. The van der Waals surface area contributed by atoms with Gasteiger partial charge in [0.1, 0.15) is 11.0 Å². The lowest BCUT2D eigenvalue weighted by Gasteiger charge is -1.94. The number of aryl methyl sites for hydroxylation is 1. The van der Waals surface area contributed by atoms with Crippen molar-refractivity contribution >= 4 is 27.7 Å². The maximum atomic E-state index is 11.8. The summed E-state index contributed by atoms with van der Waals surface area (Å²) in [6, 6.07) is 6.92. The highest BCUT2D eigenvalue weighted by Crippen LogP contribution is 2.29. The molecular weight excluding hydrogens is 236 g/mol. The van der Waals surface area contributed by atoms with Crippen LogP contribution in [-0.2, 0) is 0 Å². The number of nitrogens with one attached hydrogen (secondary N) is 1. The smallest absolute Gasteiger partial charge is 0.348 e. The summed E-state index contributed by atoms with van der Waals surface area (Å²) >= 11 is 0. The maximum absolute atomic E-state index is 11.8. The Morgan fingerprint density at radius 1 is 1.33 bits per heavy atom. The van der Waals surface area contributed by atoms with E-state index in [4.69, 9.17) is 4.42 Å². The first-order chi connectivity index (χ1) is 8.59. The zero-order chi connectivity index (χ0) is 12.9. The van der Waals surface area contributed by atoms with E-state index in [9.17, 15) is 14.9 Å². The molecule has 3 aromatic rings. The lowest BCUT2D eigenvalue weighted by molar-refractivity contribution is -0.389. The monoisotopic (exact) mass is 244 g/mol. The molecule has 0 bridgehead atoms. The van der Waals surface area contributed by atoms with Crippen LogP contribution >= 0.6 is 0 Å². The van der Waals surface area contributed by atoms with E-state index in [1.807, 2.05) is 0 Å². The number of aromatic nitrogens is 1. The summed E-state index contributed by atoms with van der Waals surface area (Å²) in [6.45, 7) is 1.53. The first kappa shape index (κ1) is 10.5. The summed E-state index contributed by atoms with van der Waals surface area (Å²) in [7, 11) is 0. The van der Waals surface area contributed by atoms with Gasteiger partial charge in [-0.3, -0.25) is 0 Å². The van der Waals surface area contributed by atoms with Crippen LogP contribution < -0.4 is 5.63 Å². The normalized spacial score (nSPS) is 11.2. The Kier molecular flexibility index (Phi) is 2.00. The highest BCUT2D eigenvalue weighted by Gasteiger charge is 2.22. The van der Waals surface area contributed by atoms with Crippen LogP contribution in [-0.4, -0.2) is 9.91 Å². The number of aromatic amines is 1. The van der Waals surface area contributed by atoms with Gasteiger partial charge in [0.25, 0.3) is 0 Å². The number of nitrogens with zero attached hydrogens (tertiary/aromatic N) is 1. The van der Waals surface area contributed by atoms with E-state index in [0.29, 0.717) is 22.0 Å². The van der Waals surface area contributed by atoms with Crippen molar-refractivity contribution in [2.75, 3.05) is 0 Å². The third-order valence-electron chi connectivity index (χ3n) is 2.97. The molecule has 0 saturated heterocycles. The van der Waals surface area contributed by atoms with E-state index >= 15 is 0 Å². The molecule has 0 saturated carbocycles. The van der Waals surface area contributed by atoms with E-state index in [1.54, 1.807) is 24.3 Å². The summed E-state index contributed by atoms with van der Waals surface area (Å²) in [5.74, 6) is -0.173. The van der Waals surface area contributed by atoms with E-state index in [2.05, 4.69) is 4.98 Å². The summed E-state index contributed by atoms with van der Waals surface area (Å²) in [5.41, 5.74) is 0.595. The summed E-state index contributed by atoms with van der Waals surface area (Å²) < 4.78 is 5.15. The molecule has 1 N–H and O–H groups in total. The number of para-hydroxylation sites is 1. The standard InChI is InChI=1S/C12H8N2O4/c1-6-9-10(13-11(6)14(16)17)7-4-2-3-5-8(7)18-12(9)15/h2-5,13H,1H3. The first-order valence-electron chi connectivity index (χ1n) is 5.28. The number of nitro groups is 1. The number of hydrogen-bond donors (Lipinski definition) is 1. The van der Waals surface area contributed by atoms with E-state index in [1.165, 1.54) is 6.92 Å². The molecule has 0 spiro atoms. The van der Waals surface area contributed by atoms with Crippen molar-refractivity contribution in [1.29, 1.82) is 0 Å². The zero-order valence-corrected chi connectivity index (χ0v) is 9.39. The Bertz CT molecular complexity index is 844. The molecule has 90 valence electrons. The molecule has 0 aliphatic heterocycles. The minimum Gasteiger partial charge on any atom is -0.422 e. The van der Waals surface area contributed by atoms with E-state index in [-0.39, 0.29) is 11.2 Å². The highest BCUT2D eigenvalue weighted by molar-refractivity contribution is 6.04. The molecule has 0 aliphatic carbocycles. The summed E-state index contributed by atoms with van der Waals surface area (Å²) in [6.07, 6.45) is 0. The van der Waals surface area contributed by atoms with Crippen molar-refractivity contribution in [2.45, 2.75) is 6.92 Å². The van der Waals surface area contributed by atoms with Gasteiger partial charge in [-0.05, 0) is 24.0 Å². The first-order valence-corrected chi connectivity index (χ1v) is 5.28. The van der Waals surface area contributed by atoms with Crippen molar-refractivity contribution in [3.05, 3.63) is 50.4 Å². The summed E-state index contributed by atoms with van der Waals surface area (Å²) in [4.78, 5) is 24.9. The van der Waals surface area contributed by atoms with Crippen molar-refractivity contribution in [3.8, 4) is 0 Å². The zero-order valence-electron chi connectivity index (χ0n) is 9.39. The molecule has 0 atom stereocenters. The minimum absolute atomic E-state index is 0.173. The molecule has 0 unspecified atom stereocenters. The molecule has 2 aromatic heterocycles. The number of fused-ring (bicyclic) bond motifs is 3. The van der Waals surface area contributed by atoms with Gasteiger partial charge < -0.3 is 14.5 Å². The Balaban J connectivity index is 2.62. The van der Waals surface area contributed by atoms with Crippen LogP contribution in [0, 0.1) is 17.0 Å². The number of rotatable bonds is 1. The topological polar surface area (TPSA) is 89.1 Å². The van der Waals surface area contributed by atoms with Crippen molar-refractivity contribution in [3.63, 3.8) is 0 Å². The molecule has 1 aromatic carbocycles. The van der Waals surface area contributed by atoms with Gasteiger partial charge in [-0.25, -0.2) is 9.78 Å². The van der Waals surface area contributed by atoms with E-state index < -0.39 is 10.5 Å². The molecular formula is C12H8N2O4. The third kappa shape index (κ3) is 1.26. The Labute approximate surface area is 100.0 Å². The van der Waals surface area contributed by atoms with Crippen LogP contribution in [0.4, 0.5) is 5.82 Å². The predicted molar refractivity (Wildman–Crippen MR) is 65.7 cm³/mol. The number of benzene rings is 1. The lowest BCUT2D eigenvalue weighted by atomic mass is 10.1. The molecule has 0 fully saturated rings. The number of hydrogen-bond acceptors (Lipinski definition) is 4. The molecule has 0 radical (unpaired) electrons. The van der Waals surface area contributed by atoms with Gasteiger partial charge in [0.15, 0.2) is 5.52 Å². The lowest BCUT2D eigenvalue weighted by Crippen LogP contribution is -1.99. The van der Waals surface area contributed by atoms with Gasteiger partial charge in [-0.15, -0.1) is 0 Å². The molecule has 0 amide bonds.